The number of hydrogen-bond acceptors (Lipinski definition) is 3. The lowest BCUT2D eigenvalue weighted by molar-refractivity contribution is 0.541. The average molecular weight is 314 g/mol. The third kappa shape index (κ3) is 2.61. The molecule has 0 saturated carbocycles. The summed E-state index contributed by atoms with van der Waals surface area (Å²) in [4.78, 5) is 0. The second-order valence-electron chi connectivity index (χ2n) is 3.74. The lowest BCUT2D eigenvalue weighted by Crippen LogP contribution is -2.24. The molecule has 0 aliphatic rings. The molecule has 17 heavy (non-hydrogen) atoms. The van der Waals surface area contributed by atoms with E-state index in [-0.39, 0.29) is 6.04 Å². The normalized spacial score (nSPS) is 12.9. The largest absolute Gasteiger partial charge is 0.305 e. The average Bonchev–Trinajstić information content (AvgIpc) is 2.95. The Morgan fingerprint density at radius 1 is 1.53 bits per heavy atom. The van der Waals surface area contributed by atoms with Crippen molar-refractivity contribution >= 4 is 27.3 Å². The monoisotopic (exact) mass is 313 g/mol. The summed E-state index contributed by atoms with van der Waals surface area (Å²) in [5.41, 5.74) is 2.50. The van der Waals surface area contributed by atoms with Gasteiger partial charge in [-0.25, -0.2) is 0 Å². The van der Waals surface area contributed by atoms with Crippen LogP contribution in [0.3, 0.4) is 0 Å². The van der Waals surface area contributed by atoms with E-state index in [0.717, 1.165) is 17.6 Å². The van der Waals surface area contributed by atoms with E-state index in [1.807, 2.05) is 10.9 Å². The zero-order valence-electron chi connectivity index (χ0n) is 9.98. The van der Waals surface area contributed by atoms with Crippen LogP contribution < -0.4 is 5.32 Å². The first-order valence-corrected chi connectivity index (χ1v) is 7.48. The van der Waals surface area contributed by atoms with Crippen molar-refractivity contribution in [2.24, 2.45) is 0 Å². The van der Waals surface area contributed by atoms with Gasteiger partial charge in [0.15, 0.2) is 0 Å². The molecule has 2 aromatic heterocycles. The lowest BCUT2D eigenvalue weighted by atomic mass is 10.1. The van der Waals surface area contributed by atoms with Crippen molar-refractivity contribution in [3.63, 3.8) is 0 Å². The zero-order chi connectivity index (χ0) is 12.3. The standard InChI is InChI=1S/C12H16BrN3S/c1-3-14-11(9-5-6-17-8-9)12-10(13)7-15-16(12)4-2/h5-8,11,14H,3-4H2,1-2H3. The number of nitrogens with one attached hydrogen (secondary N) is 1. The number of hydrogen-bond donors (Lipinski definition) is 1. The van der Waals surface area contributed by atoms with Gasteiger partial charge in [-0.3, -0.25) is 4.68 Å². The molecule has 0 saturated heterocycles. The fraction of sp³-hybridized carbons (Fsp3) is 0.417. The van der Waals surface area contributed by atoms with Crippen LogP contribution in [0.25, 0.3) is 0 Å². The van der Waals surface area contributed by atoms with Crippen molar-refractivity contribution < 1.29 is 0 Å². The van der Waals surface area contributed by atoms with Gasteiger partial charge in [-0.15, -0.1) is 0 Å². The van der Waals surface area contributed by atoms with E-state index >= 15 is 0 Å². The fourth-order valence-corrected chi connectivity index (χ4v) is 3.14. The summed E-state index contributed by atoms with van der Waals surface area (Å²) in [5.74, 6) is 0. The predicted molar refractivity (Wildman–Crippen MR) is 75.4 cm³/mol. The molecule has 0 bridgehead atoms. The van der Waals surface area contributed by atoms with E-state index in [9.17, 15) is 0 Å². The first kappa shape index (κ1) is 12.8. The van der Waals surface area contributed by atoms with E-state index in [4.69, 9.17) is 0 Å². The molecule has 2 aromatic rings. The van der Waals surface area contributed by atoms with Crippen LogP contribution in [0, 0.1) is 0 Å². The van der Waals surface area contributed by atoms with Crippen LogP contribution in [0.15, 0.2) is 27.5 Å². The van der Waals surface area contributed by atoms with Gasteiger partial charge in [-0.1, -0.05) is 6.92 Å². The van der Waals surface area contributed by atoms with Gasteiger partial charge in [0.05, 0.1) is 22.4 Å². The summed E-state index contributed by atoms with van der Waals surface area (Å²) in [6.07, 6.45) is 1.87. The smallest absolute Gasteiger partial charge is 0.0767 e. The number of aryl methyl sites for hydroxylation is 1. The minimum absolute atomic E-state index is 0.211. The molecule has 0 aliphatic carbocycles. The van der Waals surface area contributed by atoms with Gasteiger partial charge in [-0.2, -0.15) is 16.4 Å². The SMILES string of the molecule is CCNC(c1ccsc1)c1c(Br)cnn1CC. The van der Waals surface area contributed by atoms with Crippen molar-refractivity contribution in [2.75, 3.05) is 6.54 Å². The summed E-state index contributed by atoms with van der Waals surface area (Å²) >= 11 is 5.32. The van der Waals surface area contributed by atoms with Gasteiger partial charge in [0.1, 0.15) is 0 Å². The molecule has 0 amide bonds. The molecule has 0 fully saturated rings. The Bertz CT molecular complexity index is 464. The topological polar surface area (TPSA) is 29.9 Å². The number of nitrogens with zero attached hydrogens (tertiary/aromatic N) is 2. The minimum Gasteiger partial charge on any atom is -0.305 e. The summed E-state index contributed by atoms with van der Waals surface area (Å²) in [7, 11) is 0. The lowest BCUT2D eigenvalue weighted by Gasteiger charge is -2.19. The molecule has 5 heteroatoms. The van der Waals surface area contributed by atoms with Crippen molar-refractivity contribution in [1.29, 1.82) is 0 Å². The van der Waals surface area contributed by atoms with E-state index in [0.29, 0.717) is 0 Å². The molecule has 0 spiro atoms. The number of rotatable bonds is 5. The Hall–Kier alpha value is -0.650. The highest BCUT2D eigenvalue weighted by molar-refractivity contribution is 9.10. The number of thiophene rings is 1. The molecule has 92 valence electrons. The second-order valence-corrected chi connectivity index (χ2v) is 5.38. The molecule has 1 unspecified atom stereocenters. The fourth-order valence-electron chi connectivity index (χ4n) is 1.93. The summed E-state index contributed by atoms with van der Waals surface area (Å²) in [5, 5.41) is 12.2. The molecule has 3 nitrogen and oxygen atoms in total. The van der Waals surface area contributed by atoms with Gasteiger partial charge in [0.2, 0.25) is 0 Å². The zero-order valence-corrected chi connectivity index (χ0v) is 12.4. The highest BCUT2D eigenvalue weighted by atomic mass is 79.9. The Balaban J connectivity index is 2.42. The van der Waals surface area contributed by atoms with Crippen LogP contribution >= 0.6 is 27.3 Å². The Morgan fingerprint density at radius 2 is 2.35 bits per heavy atom. The van der Waals surface area contributed by atoms with Crippen molar-refractivity contribution in [2.45, 2.75) is 26.4 Å². The first-order chi connectivity index (χ1) is 8.27. The predicted octanol–water partition coefficient (Wildman–Crippen LogP) is 3.43. The highest BCUT2D eigenvalue weighted by Crippen LogP contribution is 2.29. The molecule has 1 N–H and O–H groups in total. The van der Waals surface area contributed by atoms with Crippen LogP contribution in [-0.4, -0.2) is 16.3 Å². The molecule has 0 aliphatic heterocycles. The molecule has 2 heterocycles. The summed E-state index contributed by atoms with van der Waals surface area (Å²) in [6.45, 7) is 6.05. The maximum atomic E-state index is 4.38. The van der Waals surface area contributed by atoms with E-state index in [1.54, 1.807) is 11.3 Å². The number of aromatic nitrogens is 2. The van der Waals surface area contributed by atoms with Crippen LogP contribution in [-0.2, 0) is 6.54 Å². The molecule has 0 aromatic carbocycles. The van der Waals surface area contributed by atoms with Crippen molar-refractivity contribution in [3.05, 3.63) is 38.8 Å². The Labute approximate surface area is 114 Å². The van der Waals surface area contributed by atoms with E-state index in [1.165, 1.54) is 11.3 Å². The van der Waals surface area contributed by atoms with E-state index < -0.39 is 0 Å². The van der Waals surface area contributed by atoms with Gasteiger partial charge in [0, 0.05) is 6.54 Å². The molecule has 0 radical (unpaired) electrons. The van der Waals surface area contributed by atoms with Gasteiger partial charge < -0.3 is 5.32 Å². The molecule has 1 atom stereocenters. The second kappa shape index (κ2) is 5.80. The van der Waals surface area contributed by atoms with Gasteiger partial charge in [0.25, 0.3) is 0 Å². The summed E-state index contributed by atoms with van der Waals surface area (Å²) in [6, 6.07) is 2.38. The molecular formula is C12H16BrN3S. The Kier molecular flexibility index (Phi) is 4.36. The number of halogens is 1. The molecule has 2 rings (SSSR count). The van der Waals surface area contributed by atoms with Crippen molar-refractivity contribution in [1.82, 2.24) is 15.1 Å². The van der Waals surface area contributed by atoms with Crippen LogP contribution in [0.5, 0.6) is 0 Å². The third-order valence-corrected chi connectivity index (χ3v) is 4.00. The van der Waals surface area contributed by atoms with Crippen LogP contribution in [0.4, 0.5) is 0 Å². The highest BCUT2D eigenvalue weighted by Gasteiger charge is 2.20. The maximum absolute atomic E-state index is 4.38. The van der Waals surface area contributed by atoms with Crippen molar-refractivity contribution in [3.8, 4) is 0 Å². The van der Waals surface area contributed by atoms with Crippen LogP contribution in [0.2, 0.25) is 0 Å². The van der Waals surface area contributed by atoms with E-state index in [2.05, 4.69) is 57.0 Å². The summed E-state index contributed by atoms with van der Waals surface area (Å²) < 4.78 is 3.10. The molecular weight excluding hydrogens is 298 g/mol. The van der Waals surface area contributed by atoms with Gasteiger partial charge in [-0.05, 0) is 51.8 Å². The Morgan fingerprint density at radius 3 is 2.94 bits per heavy atom. The van der Waals surface area contributed by atoms with Crippen LogP contribution in [0.1, 0.15) is 31.1 Å². The minimum atomic E-state index is 0.211. The first-order valence-electron chi connectivity index (χ1n) is 5.74. The maximum Gasteiger partial charge on any atom is 0.0767 e. The third-order valence-electron chi connectivity index (χ3n) is 2.69. The van der Waals surface area contributed by atoms with Gasteiger partial charge >= 0.3 is 0 Å². The quantitative estimate of drug-likeness (QED) is 0.916.